The molecule has 0 aliphatic carbocycles. The van der Waals surface area contributed by atoms with Crippen LogP contribution in [0, 0.1) is 5.82 Å². The number of sulfonamides is 1. The third kappa shape index (κ3) is 2.26. The summed E-state index contributed by atoms with van der Waals surface area (Å²) in [6.07, 6.45) is 0. The lowest BCUT2D eigenvalue weighted by atomic mass is 10.2. The normalized spacial score (nSPS) is 11.6. The summed E-state index contributed by atoms with van der Waals surface area (Å²) in [7, 11) is -3.77. The van der Waals surface area contributed by atoms with Crippen molar-refractivity contribution in [1.29, 1.82) is 0 Å². The monoisotopic (exact) mass is 258 g/mol. The predicted octanol–water partition coefficient (Wildman–Crippen LogP) is 1.60. The molecule has 0 bridgehead atoms. The minimum absolute atomic E-state index is 0.170. The van der Waals surface area contributed by atoms with E-state index in [0.29, 0.717) is 10.6 Å². The average molecular weight is 258 g/mol. The van der Waals surface area contributed by atoms with Gasteiger partial charge in [0.05, 0.1) is 0 Å². The van der Waals surface area contributed by atoms with Crippen LogP contribution in [-0.4, -0.2) is 13.4 Å². The Labute approximate surface area is 95.6 Å². The molecule has 0 spiro atoms. The molecule has 0 atom stereocenters. The van der Waals surface area contributed by atoms with Crippen LogP contribution in [-0.2, 0) is 10.0 Å². The van der Waals surface area contributed by atoms with Crippen molar-refractivity contribution in [3.8, 4) is 10.6 Å². The van der Waals surface area contributed by atoms with Crippen molar-refractivity contribution in [1.82, 2.24) is 4.98 Å². The van der Waals surface area contributed by atoms with E-state index in [4.69, 9.17) is 5.14 Å². The molecule has 84 valence electrons. The maximum atomic E-state index is 12.7. The van der Waals surface area contributed by atoms with Gasteiger partial charge >= 0.3 is 0 Å². The van der Waals surface area contributed by atoms with Crippen LogP contribution in [0.3, 0.4) is 0 Å². The summed E-state index contributed by atoms with van der Waals surface area (Å²) in [5, 5.41) is 6.60. The van der Waals surface area contributed by atoms with Gasteiger partial charge in [-0.15, -0.1) is 11.3 Å². The summed E-state index contributed by atoms with van der Waals surface area (Å²) in [5.41, 5.74) is 0.654. The highest BCUT2D eigenvalue weighted by atomic mass is 32.2. The van der Waals surface area contributed by atoms with Crippen LogP contribution in [0.4, 0.5) is 4.39 Å². The fourth-order valence-electron chi connectivity index (χ4n) is 1.11. The topological polar surface area (TPSA) is 73.1 Å². The molecule has 2 rings (SSSR count). The zero-order valence-electron chi connectivity index (χ0n) is 7.92. The predicted molar refractivity (Wildman–Crippen MR) is 58.9 cm³/mol. The number of rotatable bonds is 2. The number of halogens is 1. The standard InChI is InChI=1S/C9H7FN2O2S2/c10-7-3-1-6(2-4-7)9-12-8(5-15-9)16(11,13)14/h1-5H,(H2,11,13,14). The molecule has 2 aromatic rings. The lowest BCUT2D eigenvalue weighted by Crippen LogP contribution is -2.12. The van der Waals surface area contributed by atoms with E-state index in [0.717, 1.165) is 11.3 Å². The van der Waals surface area contributed by atoms with Crippen LogP contribution < -0.4 is 5.14 Å². The van der Waals surface area contributed by atoms with Crippen molar-refractivity contribution in [3.63, 3.8) is 0 Å². The van der Waals surface area contributed by atoms with E-state index in [-0.39, 0.29) is 10.8 Å². The van der Waals surface area contributed by atoms with E-state index >= 15 is 0 Å². The first-order chi connectivity index (χ1) is 7.47. The molecule has 2 N–H and O–H groups in total. The number of nitrogens with two attached hydrogens (primary N) is 1. The maximum Gasteiger partial charge on any atom is 0.256 e. The van der Waals surface area contributed by atoms with Gasteiger partial charge in [0, 0.05) is 10.9 Å². The second-order valence-electron chi connectivity index (χ2n) is 3.04. The van der Waals surface area contributed by atoms with Gasteiger partial charge in [-0.25, -0.2) is 22.9 Å². The smallest absolute Gasteiger partial charge is 0.223 e. The molecular weight excluding hydrogens is 251 g/mol. The third-order valence-electron chi connectivity index (χ3n) is 1.87. The van der Waals surface area contributed by atoms with Crippen LogP contribution >= 0.6 is 11.3 Å². The zero-order chi connectivity index (χ0) is 11.8. The second kappa shape index (κ2) is 3.93. The largest absolute Gasteiger partial charge is 0.256 e. The number of hydrogen-bond donors (Lipinski definition) is 1. The summed E-state index contributed by atoms with van der Waals surface area (Å²) >= 11 is 1.14. The van der Waals surface area contributed by atoms with Crippen LogP contribution in [0.15, 0.2) is 34.7 Å². The van der Waals surface area contributed by atoms with Gasteiger partial charge in [0.25, 0.3) is 10.0 Å². The highest BCUT2D eigenvalue weighted by Crippen LogP contribution is 2.25. The molecule has 0 saturated carbocycles. The Balaban J connectivity index is 2.43. The van der Waals surface area contributed by atoms with Crippen LogP contribution in [0.1, 0.15) is 0 Å². The number of benzene rings is 1. The summed E-state index contributed by atoms with van der Waals surface area (Å²) in [6, 6.07) is 5.63. The first-order valence-electron chi connectivity index (χ1n) is 4.21. The quantitative estimate of drug-likeness (QED) is 0.889. The molecule has 0 fully saturated rings. The third-order valence-corrected chi connectivity index (χ3v) is 3.70. The van der Waals surface area contributed by atoms with Gasteiger partial charge in [-0.2, -0.15) is 0 Å². The fourth-order valence-corrected chi connectivity index (χ4v) is 2.76. The van der Waals surface area contributed by atoms with Gasteiger partial charge in [-0.1, -0.05) is 0 Å². The number of primary sulfonamides is 1. The van der Waals surface area contributed by atoms with E-state index < -0.39 is 10.0 Å². The van der Waals surface area contributed by atoms with Crippen molar-refractivity contribution < 1.29 is 12.8 Å². The number of aromatic nitrogens is 1. The molecule has 0 amide bonds. The molecule has 0 aliphatic heterocycles. The van der Waals surface area contributed by atoms with Crippen LogP contribution in [0.5, 0.6) is 0 Å². The zero-order valence-corrected chi connectivity index (χ0v) is 9.56. The Bertz CT molecular complexity index is 605. The van der Waals surface area contributed by atoms with Gasteiger partial charge in [0.1, 0.15) is 10.8 Å². The van der Waals surface area contributed by atoms with Gasteiger partial charge in [-0.3, -0.25) is 0 Å². The average Bonchev–Trinajstić information content (AvgIpc) is 2.67. The Morgan fingerprint density at radius 1 is 1.25 bits per heavy atom. The summed E-state index contributed by atoms with van der Waals surface area (Å²) in [4.78, 5) is 3.86. The number of nitrogens with zero attached hydrogens (tertiary/aromatic N) is 1. The first kappa shape index (κ1) is 11.2. The number of thiazole rings is 1. The van der Waals surface area contributed by atoms with Crippen molar-refractivity contribution in [3.05, 3.63) is 35.5 Å². The van der Waals surface area contributed by atoms with Crippen molar-refractivity contribution >= 4 is 21.4 Å². The van der Waals surface area contributed by atoms with Gasteiger partial charge < -0.3 is 0 Å². The molecule has 4 nitrogen and oxygen atoms in total. The lowest BCUT2D eigenvalue weighted by molar-refractivity contribution is 0.595. The Kier molecular flexibility index (Phi) is 2.75. The fraction of sp³-hybridized carbons (Fsp3) is 0. The minimum atomic E-state index is -3.77. The molecular formula is C9H7FN2O2S2. The van der Waals surface area contributed by atoms with E-state index in [9.17, 15) is 12.8 Å². The van der Waals surface area contributed by atoms with Gasteiger partial charge in [0.15, 0.2) is 5.03 Å². The molecule has 7 heteroatoms. The minimum Gasteiger partial charge on any atom is -0.223 e. The lowest BCUT2D eigenvalue weighted by Gasteiger charge is -1.94. The second-order valence-corrected chi connectivity index (χ2v) is 5.41. The number of hydrogen-bond acceptors (Lipinski definition) is 4. The summed E-state index contributed by atoms with van der Waals surface area (Å²) in [5.74, 6) is -0.355. The van der Waals surface area contributed by atoms with E-state index in [1.54, 1.807) is 0 Å². The molecule has 0 aliphatic rings. The molecule has 0 unspecified atom stereocenters. The van der Waals surface area contributed by atoms with Crippen molar-refractivity contribution in [2.75, 3.05) is 0 Å². The maximum absolute atomic E-state index is 12.7. The molecule has 1 aromatic heterocycles. The molecule has 1 heterocycles. The molecule has 1 aromatic carbocycles. The van der Waals surface area contributed by atoms with Crippen LogP contribution in [0.25, 0.3) is 10.6 Å². The van der Waals surface area contributed by atoms with Crippen molar-refractivity contribution in [2.45, 2.75) is 5.03 Å². The highest BCUT2D eigenvalue weighted by Gasteiger charge is 2.13. The van der Waals surface area contributed by atoms with Crippen molar-refractivity contribution in [2.24, 2.45) is 5.14 Å². The Morgan fingerprint density at radius 2 is 1.88 bits per heavy atom. The van der Waals surface area contributed by atoms with Gasteiger partial charge in [-0.05, 0) is 24.3 Å². The molecule has 0 saturated heterocycles. The van der Waals surface area contributed by atoms with E-state index in [1.165, 1.54) is 29.6 Å². The summed E-state index contributed by atoms with van der Waals surface area (Å²) in [6.45, 7) is 0. The van der Waals surface area contributed by atoms with Crippen LogP contribution in [0.2, 0.25) is 0 Å². The van der Waals surface area contributed by atoms with E-state index in [2.05, 4.69) is 4.98 Å². The van der Waals surface area contributed by atoms with E-state index in [1.807, 2.05) is 0 Å². The first-order valence-corrected chi connectivity index (χ1v) is 6.64. The van der Waals surface area contributed by atoms with Gasteiger partial charge in [0.2, 0.25) is 0 Å². The molecule has 16 heavy (non-hydrogen) atoms. The SMILES string of the molecule is NS(=O)(=O)c1csc(-c2ccc(F)cc2)n1. The molecule has 0 radical (unpaired) electrons. The Morgan fingerprint density at radius 3 is 2.38 bits per heavy atom. The Hall–Kier alpha value is -1.31. The summed E-state index contributed by atoms with van der Waals surface area (Å²) < 4.78 is 34.7. The highest BCUT2D eigenvalue weighted by molar-refractivity contribution is 7.89.